The zero-order valence-corrected chi connectivity index (χ0v) is 13.3. The maximum absolute atomic E-state index is 12.0. The largest absolute Gasteiger partial charge is 0.495 e. The van der Waals surface area contributed by atoms with Gasteiger partial charge in [-0.25, -0.2) is 4.79 Å². The van der Waals surface area contributed by atoms with Crippen molar-refractivity contribution in [2.24, 2.45) is 0 Å². The molecule has 0 aliphatic carbocycles. The average molecular weight is 356 g/mol. The van der Waals surface area contributed by atoms with E-state index >= 15 is 0 Å². The number of nitro groups is 1. The van der Waals surface area contributed by atoms with Crippen LogP contribution in [0.2, 0.25) is 5.02 Å². The molecule has 0 fully saturated rings. The lowest BCUT2D eigenvalue weighted by Gasteiger charge is -2.06. The Labute approximate surface area is 139 Å². The van der Waals surface area contributed by atoms with Crippen LogP contribution >= 0.6 is 22.9 Å². The molecule has 120 valence electrons. The fraction of sp³-hybridized carbons (Fsp3) is 0.143. The third kappa shape index (κ3) is 4.05. The van der Waals surface area contributed by atoms with E-state index in [1.165, 1.54) is 37.4 Å². The summed E-state index contributed by atoms with van der Waals surface area (Å²) in [7, 11) is 1.45. The quantitative estimate of drug-likeness (QED) is 0.341. The van der Waals surface area contributed by atoms with Crippen molar-refractivity contribution in [3.63, 3.8) is 0 Å². The van der Waals surface area contributed by atoms with E-state index in [0.29, 0.717) is 17.1 Å². The summed E-state index contributed by atoms with van der Waals surface area (Å²) in [5, 5.41) is 10.6. The summed E-state index contributed by atoms with van der Waals surface area (Å²) in [5.41, 5.74) is 0.265. The second-order valence-electron chi connectivity index (χ2n) is 4.24. The van der Waals surface area contributed by atoms with E-state index in [4.69, 9.17) is 21.1 Å². The first kappa shape index (κ1) is 16.9. The molecule has 0 N–H and O–H groups in total. The van der Waals surface area contributed by atoms with Crippen LogP contribution in [-0.2, 0) is 4.74 Å². The number of methoxy groups -OCH3 is 1. The predicted molar refractivity (Wildman–Crippen MR) is 83.6 cm³/mol. The number of rotatable bonds is 6. The maximum Gasteiger partial charge on any atom is 0.349 e. The Balaban J connectivity index is 1.99. The minimum Gasteiger partial charge on any atom is -0.495 e. The molecule has 0 aliphatic heterocycles. The number of carbonyl (C=O) groups is 2. The van der Waals surface area contributed by atoms with Gasteiger partial charge in [0.15, 0.2) is 12.4 Å². The van der Waals surface area contributed by atoms with Gasteiger partial charge in [0.2, 0.25) is 0 Å². The summed E-state index contributed by atoms with van der Waals surface area (Å²) in [6.45, 7) is -0.493. The number of thiophene rings is 1. The van der Waals surface area contributed by atoms with Crippen molar-refractivity contribution in [3.8, 4) is 5.75 Å². The number of Topliss-reactive ketones (excluding diaryl/α,β-unsaturated/α-hetero) is 1. The zero-order valence-electron chi connectivity index (χ0n) is 11.8. The molecule has 2 rings (SSSR count). The fourth-order valence-corrected chi connectivity index (χ4v) is 2.63. The third-order valence-electron chi connectivity index (χ3n) is 2.78. The molecule has 2 aromatic rings. The third-order valence-corrected chi connectivity index (χ3v) is 4.09. The second kappa shape index (κ2) is 7.21. The molecule has 0 saturated carbocycles. The van der Waals surface area contributed by atoms with Gasteiger partial charge in [0, 0.05) is 11.6 Å². The Morgan fingerprint density at radius 1 is 1.30 bits per heavy atom. The molecule has 7 nitrogen and oxygen atoms in total. The fourth-order valence-electron chi connectivity index (χ4n) is 1.66. The lowest BCUT2D eigenvalue weighted by Crippen LogP contribution is -2.13. The highest BCUT2D eigenvalue weighted by Crippen LogP contribution is 2.26. The SMILES string of the molecule is COc1ccc(C(=O)COC(=O)c2ccc([N+](=O)[O-])s2)cc1Cl. The molecule has 0 radical (unpaired) electrons. The molecule has 0 spiro atoms. The van der Waals surface area contributed by atoms with E-state index in [-0.39, 0.29) is 20.5 Å². The lowest BCUT2D eigenvalue weighted by atomic mass is 10.1. The molecule has 0 unspecified atom stereocenters. The topological polar surface area (TPSA) is 95.7 Å². The van der Waals surface area contributed by atoms with Crippen LogP contribution in [0.25, 0.3) is 0 Å². The number of halogens is 1. The van der Waals surface area contributed by atoms with Gasteiger partial charge in [-0.1, -0.05) is 22.9 Å². The van der Waals surface area contributed by atoms with E-state index in [1.54, 1.807) is 0 Å². The van der Waals surface area contributed by atoms with Crippen LogP contribution in [0.3, 0.4) is 0 Å². The van der Waals surface area contributed by atoms with Crippen LogP contribution in [0, 0.1) is 10.1 Å². The minimum atomic E-state index is -0.795. The first-order chi connectivity index (χ1) is 10.9. The number of hydrogen-bond donors (Lipinski definition) is 0. The van der Waals surface area contributed by atoms with E-state index in [0.717, 1.165) is 0 Å². The Morgan fingerprint density at radius 3 is 2.61 bits per heavy atom. The van der Waals surface area contributed by atoms with Gasteiger partial charge in [-0.2, -0.15) is 0 Å². The van der Waals surface area contributed by atoms with Crippen LogP contribution in [0.4, 0.5) is 5.00 Å². The van der Waals surface area contributed by atoms with E-state index in [1.807, 2.05) is 0 Å². The summed E-state index contributed by atoms with van der Waals surface area (Å²) < 4.78 is 9.83. The van der Waals surface area contributed by atoms with E-state index < -0.39 is 23.3 Å². The van der Waals surface area contributed by atoms with Gasteiger partial charge in [-0.05, 0) is 24.3 Å². The van der Waals surface area contributed by atoms with Crippen LogP contribution in [0.1, 0.15) is 20.0 Å². The highest BCUT2D eigenvalue weighted by atomic mass is 35.5. The highest BCUT2D eigenvalue weighted by molar-refractivity contribution is 7.17. The van der Waals surface area contributed by atoms with Crippen LogP contribution < -0.4 is 4.74 Å². The Kier molecular flexibility index (Phi) is 5.30. The Bertz CT molecular complexity index is 772. The number of hydrogen-bond acceptors (Lipinski definition) is 7. The summed E-state index contributed by atoms with van der Waals surface area (Å²) in [4.78, 5) is 33.7. The number of ketones is 1. The molecule has 0 amide bonds. The van der Waals surface area contributed by atoms with Crippen LogP contribution in [0.5, 0.6) is 5.75 Å². The summed E-state index contributed by atoms with van der Waals surface area (Å²) in [5.74, 6) is -0.823. The van der Waals surface area contributed by atoms with E-state index in [2.05, 4.69) is 0 Å². The maximum atomic E-state index is 12.0. The van der Waals surface area contributed by atoms with Crippen molar-refractivity contribution in [1.29, 1.82) is 0 Å². The number of nitrogens with zero attached hydrogens (tertiary/aromatic N) is 1. The van der Waals surface area contributed by atoms with Crippen molar-refractivity contribution in [2.75, 3.05) is 13.7 Å². The first-order valence-corrected chi connectivity index (χ1v) is 7.40. The van der Waals surface area contributed by atoms with Gasteiger partial charge >= 0.3 is 11.0 Å². The molecule has 0 aliphatic rings. The summed E-state index contributed by atoms with van der Waals surface area (Å²) in [6, 6.07) is 6.91. The minimum absolute atomic E-state index is 0.0530. The molecule has 1 aromatic carbocycles. The van der Waals surface area contributed by atoms with Crippen LogP contribution in [0.15, 0.2) is 30.3 Å². The molecule has 23 heavy (non-hydrogen) atoms. The number of esters is 1. The average Bonchev–Trinajstić information content (AvgIpc) is 3.02. The van der Waals surface area contributed by atoms with Crippen LogP contribution in [-0.4, -0.2) is 30.4 Å². The van der Waals surface area contributed by atoms with Crippen molar-refractivity contribution in [2.45, 2.75) is 0 Å². The van der Waals surface area contributed by atoms with Gasteiger partial charge in [-0.3, -0.25) is 14.9 Å². The van der Waals surface area contributed by atoms with Crippen molar-refractivity contribution < 1.29 is 24.0 Å². The second-order valence-corrected chi connectivity index (χ2v) is 5.71. The zero-order chi connectivity index (χ0) is 17.0. The van der Waals surface area contributed by atoms with Gasteiger partial charge < -0.3 is 9.47 Å². The summed E-state index contributed by atoms with van der Waals surface area (Å²) in [6.07, 6.45) is 0. The number of benzene rings is 1. The standard InChI is InChI=1S/C14H10ClNO6S/c1-21-11-3-2-8(6-9(11)15)10(17)7-22-14(18)12-4-5-13(23-12)16(19)20/h2-6H,7H2,1H3. The number of ether oxygens (including phenoxy) is 2. The first-order valence-electron chi connectivity index (χ1n) is 6.20. The predicted octanol–water partition coefficient (Wildman–Crippen LogP) is 3.36. The van der Waals surface area contributed by atoms with Crippen molar-refractivity contribution >= 4 is 39.7 Å². The normalized spacial score (nSPS) is 10.2. The smallest absolute Gasteiger partial charge is 0.349 e. The van der Waals surface area contributed by atoms with Gasteiger partial charge in [0.1, 0.15) is 10.6 Å². The molecule has 1 aromatic heterocycles. The Morgan fingerprint density at radius 2 is 2.04 bits per heavy atom. The molecule has 0 saturated heterocycles. The summed E-state index contributed by atoms with van der Waals surface area (Å²) >= 11 is 6.60. The van der Waals surface area contributed by atoms with Gasteiger partial charge in [0.25, 0.3) is 0 Å². The molecule has 0 atom stereocenters. The van der Waals surface area contributed by atoms with Gasteiger partial charge in [-0.15, -0.1) is 0 Å². The monoisotopic (exact) mass is 355 g/mol. The molecule has 9 heteroatoms. The highest BCUT2D eigenvalue weighted by Gasteiger charge is 2.18. The molecular formula is C14H10ClNO6S. The van der Waals surface area contributed by atoms with Crippen molar-refractivity contribution in [3.05, 3.63) is 55.9 Å². The Hall–Kier alpha value is -2.45. The molecule has 0 bridgehead atoms. The lowest BCUT2D eigenvalue weighted by molar-refractivity contribution is -0.380. The van der Waals surface area contributed by atoms with Gasteiger partial charge in [0.05, 0.1) is 17.1 Å². The molecular weight excluding hydrogens is 346 g/mol. The number of carbonyl (C=O) groups excluding carboxylic acids is 2. The molecule has 1 heterocycles. The van der Waals surface area contributed by atoms with E-state index in [9.17, 15) is 19.7 Å². The van der Waals surface area contributed by atoms with Crippen molar-refractivity contribution in [1.82, 2.24) is 0 Å².